The quantitative estimate of drug-likeness (QED) is 0.798. The van der Waals surface area contributed by atoms with Gasteiger partial charge >= 0.3 is 0 Å². The summed E-state index contributed by atoms with van der Waals surface area (Å²) in [4.78, 5) is 10.8. The van der Waals surface area contributed by atoms with Crippen LogP contribution in [-0.4, -0.2) is 34.5 Å². The lowest BCUT2D eigenvalue weighted by atomic mass is 10.2. The van der Waals surface area contributed by atoms with Crippen LogP contribution in [0.1, 0.15) is 32.4 Å². The summed E-state index contributed by atoms with van der Waals surface area (Å²) in [6.07, 6.45) is 5.14. The second-order valence-corrected chi connectivity index (χ2v) is 4.45. The molecule has 0 saturated heterocycles. The molecule has 0 aromatic carbocycles. The third kappa shape index (κ3) is 4.68. The second kappa shape index (κ2) is 7.62. The van der Waals surface area contributed by atoms with Crippen molar-refractivity contribution in [3.63, 3.8) is 0 Å². The second-order valence-electron chi connectivity index (χ2n) is 4.45. The van der Waals surface area contributed by atoms with Crippen LogP contribution in [0.5, 0.6) is 0 Å². The standard InChI is InChI=1S/C13H21N5/c1-4-7-15-13-9-16-12(8-17-13)10-18(3)11(2)5-6-14/h8-9,11H,4-5,7,10H2,1-3H3,(H,15,17). The fraction of sp³-hybridized carbons (Fsp3) is 0.615. The van der Waals surface area contributed by atoms with Gasteiger partial charge in [0.05, 0.1) is 30.6 Å². The van der Waals surface area contributed by atoms with Gasteiger partial charge in [0.2, 0.25) is 0 Å². The van der Waals surface area contributed by atoms with E-state index in [1.807, 2.05) is 14.0 Å². The number of nitriles is 1. The van der Waals surface area contributed by atoms with Crippen LogP contribution in [0.3, 0.4) is 0 Å². The highest BCUT2D eigenvalue weighted by Crippen LogP contribution is 2.07. The zero-order valence-corrected chi connectivity index (χ0v) is 11.3. The van der Waals surface area contributed by atoms with Gasteiger partial charge in [-0.3, -0.25) is 9.88 Å². The molecule has 1 N–H and O–H groups in total. The third-order valence-corrected chi connectivity index (χ3v) is 2.81. The molecule has 5 nitrogen and oxygen atoms in total. The molecule has 1 atom stereocenters. The molecule has 1 heterocycles. The smallest absolute Gasteiger partial charge is 0.144 e. The highest BCUT2D eigenvalue weighted by molar-refractivity contribution is 5.30. The van der Waals surface area contributed by atoms with Crippen molar-refractivity contribution in [1.29, 1.82) is 5.26 Å². The number of nitrogens with zero attached hydrogens (tertiary/aromatic N) is 4. The minimum absolute atomic E-state index is 0.231. The molecule has 0 radical (unpaired) electrons. The van der Waals surface area contributed by atoms with Crippen molar-refractivity contribution in [3.05, 3.63) is 18.1 Å². The van der Waals surface area contributed by atoms with Crippen LogP contribution in [0, 0.1) is 11.3 Å². The number of rotatable bonds is 7. The van der Waals surface area contributed by atoms with E-state index in [1.165, 1.54) is 0 Å². The van der Waals surface area contributed by atoms with Crippen LogP contribution in [-0.2, 0) is 6.54 Å². The first-order valence-electron chi connectivity index (χ1n) is 6.29. The van der Waals surface area contributed by atoms with Gasteiger partial charge in [0, 0.05) is 19.1 Å². The van der Waals surface area contributed by atoms with Crippen LogP contribution in [0.4, 0.5) is 5.82 Å². The van der Waals surface area contributed by atoms with Crippen LogP contribution in [0.25, 0.3) is 0 Å². The Balaban J connectivity index is 2.50. The van der Waals surface area contributed by atoms with Crippen molar-refractivity contribution >= 4 is 5.82 Å². The van der Waals surface area contributed by atoms with Crippen LogP contribution in [0.15, 0.2) is 12.4 Å². The molecule has 0 saturated carbocycles. The normalized spacial score (nSPS) is 12.2. The summed E-state index contributed by atoms with van der Waals surface area (Å²) >= 11 is 0. The lowest BCUT2D eigenvalue weighted by molar-refractivity contribution is 0.249. The van der Waals surface area contributed by atoms with E-state index in [2.05, 4.69) is 33.2 Å². The Bertz CT molecular complexity index is 381. The van der Waals surface area contributed by atoms with E-state index in [-0.39, 0.29) is 6.04 Å². The number of nitrogens with one attached hydrogen (secondary N) is 1. The summed E-state index contributed by atoms with van der Waals surface area (Å²) in [5.41, 5.74) is 0.921. The number of anilines is 1. The van der Waals surface area contributed by atoms with Crippen LogP contribution >= 0.6 is 0 Å². The Morgan fingerprint density at radius 2 is 2.22 bits per heavy atom. The predicted octanol–water partition coefficient (Wildman–Crippen LogP) is 2.03. The molecule has 98 valence electrons. The zero-order chi connectivity index (χ0) is 13.4. The van der Waals surface area contributed by atoms with Gasteiger partial charge in [-0.2, -0.15) is 5.26 Å². The first-order chi connectivity index (χ1) is 8.67. The van der Waals surface area contributed by atoms with Crippen molar-refractivity contribution < 1.29 is 0 Å². The molecular formula is C13H21N5. The largest absolute Gasteiger partial charge is 0.369 e. The van der Waals surface area contributed by atoms with E-state index in [1.54, 1.807) is 12.4 Å². The van der Waals surface area contributed by atoms with Gasteiger partial charge in [-0.25, -0.2) is 4.98 Å². The molecule has 1 unspecified atom stereocenters. The molecular weight excluding hydrogens is 226 g/mol. The van der Waals surface area contributed by atoms with Gasteiger partial charge < -0.3 is 5.32 Å². The highest BCUT2D eigenvalue weighted by Gasteiger charge is 2.09. The lowest BCUT2D eigenvalue weighted by Gasteiger charge is -2.21. The maximum atomic E-state index is 8.66. The maximum absolute atomic E-state index is 8.66. The molecule has 0 fully saturated rings. The van der Waals surface area contributed by atoms with Crippen molar-refractivity contribution in [2.24, 2.45) is 0 Å². The average Bonchev–Trinajstić information content (AvgIpc) is 2.38. The van der Waals surface area contributed by atoms with E-state index in [9.17, 15) is 0 Å². The number of hydrogen-bond acceptors (Lipinski definition) is 5. The van der Waals surface area contributed by atoms with Crippen molar-refractivity contribution in [2.75, 3.05) is 18.9 Å². The minimum atomic E-state index is 0.231. The van der Waals surface area contributed by atoms with E-state index in [4.69, 9.17) is 5.26 Å². The molecule has 0 amide bonds. The number of hydrogen-bond donors (Lipinski definition) is 1. The van der Waals surface area contributed by atoms with E-state index >= 15 is 0 Å². The maximum Gasteiger partial charge on any atom is 0.144 e. The summed E-state index contributed by atoms with van der Waals surface area (Å²) in [5, 5.41) is 11.8. The van der Waals surface area contributed by atoms with E-state index < -0.39 is 0 Å². The predicted molar refractivity (Wildman–Crippen MR) is 72.0 cm³/mol. The van der Waals surface area contributed by atoms with Crippen molar-refractivity contribution in [2.45, 2.75) is 39.3 Å². The molecule has 0 aliphatic heterocycles. The Morgan fingerprint density at radius 3 is 2.78 bits per heavy atom. The van der Waals surface area contributed by atoms with Gasteiger partial charge in [-0.15, -0.1) is 0 Å². The molecule has 18 heavy (non-hydrogen) atoms. The molecule has 5 heteroatoms. The zero-order valence-electron chi connectivity index (χ0n) is 11.3. The van der Waals surface area contributed by atoms with Gasteiger partial charge in [0.25, 0.3) is 0 Å². The fourth-order valence-corrected chi connectivity index (χ4v) is 1.48. The van der Waals surface area contributed by atoms with Gasteiger partial charge in [-0.05, 0) is 20.4 Å². The summed E-state index contributed by atoms with van der Waals surface area (Å²) < 4.78 is 0. The first-order valence-corrected chi connectivity index (χ1v) is 6.29. The topological polar surface area (TPSA) is 64.8 Å². The Labute approximate surface area is 109 Å². The number of aromatic nitrogens is 2. The molecule has 0 aliphatic carbocycles. The van der Waals surface area contributed by atoms with Crippen LogP contribution < -0.4 is 5.32 Å². The molecule has 1 aromatic heterocycles. The molecule has 1 aromatic rings. The molecule has 0 bridgehead atoms. The SMILES string of the molecule is CCCNc1cnc(CN(C)C(C)CC#N)cn1. The summed E-state index contributed by atoms with van der Waals surface area (Å²) in [6, 6.07) is 2.41. The Hall–Kier alpha value is -1.67. The Morgan fingerprint density at radius 1 is 1.44 bits per heavy atom. The molecule has 0 spiro atoms. The summed E-state index contributed by atoms with van der Waals surface area (Å²) in [7, 11) is 1.99. The van der Waals surface area contributed by atoms with Crippen molar-refractivity contribution in [1.82, 2.24) is 14.9 Å². The van der Waals surface area contributed by atoms with Crippen LogP contribution in [0.2, 0.25) is 0 Å². The average molecular weight is 247 g/mol. The molecule has 1 rings (SSSR count). The summed E-state index contributed by atoms with van der Waals surface area (Å²) in [5.74, 6) is 0.813. The highest BCUT2D eigenvalue weighted by atomic mass is 15.1. The monoisotopic (exact) mass is 247 g/mol. The van der Waals surface area contributed by atoms with Gasteiger partial charge in [0.15, 0.2) is 0 Å². The van der Waals surface area contributed by atoms with Crippen molar-refractivity contribution in [3.8, 4) is 6.07 Å². The Kier molecular flexibility index (Phi) is 6.09. The molecule has 0 aliphatic rings. The minimum Gasteiger partial charge on any atom is -0.369 e. The van der Waals surface area contributed by atoms with E-state index in [0.29, 0.717) is 13.0 Å². The first kappa shape index (κ1) is 14.4. The summed E-state index contributed by atoms with van der Waals surface area (Å²) in [6.45, 7) is 5.77. The van der Waals surface area contributed by atoms with Gasteiger partial charge in [-0.1, -0.05) is 6.92 Å². The van der Waals surface area contributed by atoms with Gasteiger partial charge in [0.1, 0.15) is 5.82 Å². The fourth-order valence-electron chi connectivity index (χ4n) is 1.48. The third-order valence-electron chi connectivity index (χ3n) is 2.81. The lowest BCUT2D eigenvalue weighted by Crippen LogP contribution is -2.28. The van der Waals surface area contributed by atoms with E-state index in [0.717, 1.165) is 24.5 Å².